The number of nitrogens with zero attached hydrogens (tertiary/aromatic N) is 3. The molecule has 0 spiro atoms. The fourth-order valence-electron chi connectivity index (χ4n) is 3.02. The number of thiazole rings is 1. The first kappa shape index (κ1) is 21.8. The number of nitrogens with one attached hydrogen (secondary N) is 1. The summed E-state index contributed by atoms with van der Waals surface area (Å²) in [5, 5.41) is 5.72. The van der Waals surface area contributed by atoms with E-state index in [1.165, 1.54) is 17.6 Å². The van der Waals surface area contributed by atoms with Crippen LogP contribution in [0.15, 0.2) is 11.4 Å². The largest absolute Gasteiger partial charge is 0.477 e. The molecule has 0 unspecified atom stereocenters. The molecule has 1 aliphatic carbocycles. The first-order valence-electron chi connectivity index (χ1n) is 9.36. The molecular weight excluding hydrogens is 422 g/mol. The Morgan fingerprint density at radius 3 is 2.62 bits per heavy atom. The van der Waals surface area contributed by atoms with Crippen molar-refractivity contribution in [3.63, 3.8) is 0 Å². The van der Waals surface area contributed by atoms with Gasteiger partial charge in [-0.15, -0.1) is 11.3 Å². The number of hydrogen-bond acceptors (Lipinski definition) is 8. The van der Waals surface area contributed by atoms with Crippen LogP contribution in [0.4, 0.5) is 14.6 Å². The van der Waals surface area contributed by atoms with Gasteiger partial charge >= 0.3 is 0 Å². The lowest BCUT2D eigenvalue weighted by Crippen LogP contribution is -2.32. The summed E-state index contributed by atoms with van der Waals surface area (Å²) < 4.78 is 54.9. The maximum atomic E-state index is 13.4. The van der Waals surface area contributed by atoms with Gasteiger partial charge in [-0.3, -0.25) is 0 Å². The molecule has 2 aromatic rings. The summed E-state index contributed by atoms with van der Waals surface area (Å²) in [6.07, 6.45) is 1.93. The van der Waals surface area contributed by atoms with Gasteiger partial charge in [-0.2, -0.15) is 4.98 Å². The molecule has 0 bridgehead atoms. The maximum Gasteiger partial charge on any atom is 0.248 e. The van der Waals surface area contributed by atoms with Crippen molar-refractivity contribution in [3.05, 3.63) is 17.1 Å². The first-order valence-corrected chi connectivity index (χ1v) is 12.3. The molecule has 0 radical (unpaired) electrons. The highest BCUT2D eigenvalue weighted by Gasteiger charge is 2.35. The van der Waals surface area contributed by atoms with E-state index in [0.717, 1.165) is 5.69 Å². The van der Waals surface area contributed by atoms with Crippen molar-refractivity contribution in [3.8, 4) is 16.7 Å². The van der Waals surface area contributed by atoms with Gasteiger partial charge in [-0.25, -0.2) is 27.2 Å². The third kappa shape index (κ3) is 6.84. The summed E-state index contributed by atoms with van der Waals surface area (Å²) in [6, 6.07) is 1.51. The Hall–Kier alpha value is -1.88. The predicted molar refractivity (Wildman–Crippen MR) is 109 cm³/mol. The topological polar surface area (TPSA) is 94.1 Å². The van der Waals surface area contributed by atoms with Crippen molar-refractivity contribution in [1.82, 2.24) is 15.0 Å². The summed E-state index contributed by atoms with van der Waals surface area (Å²) in [6.45, 7) is 2.06. The van der Waals surface area contributed by atoms with Gasteiger partial charge in [-0.1, -0.05) is 0 Å². The minimum atomic E-state index is -3.06. The maximum absolute atomic E-state index is 13.4. The smallest absolute Gasteiger partial charge is 0.248 e. The third-order valence-corrected chi connectivity index (χ3v) is 6.48. The molecule has 1 saturated carbocycles. The molecule has 160 valence electrons. The highest BCUT2D eigenvalue weighted by atomic mass is 32.2. The zero-order valence-electron chi connectivity index (χ0n) is 16.3. The van der Waals surface area contributed by atoms with Crippen LogP contribution in [0.2, 0.25) is 0 Å². The van der Waals surface area contributed by atoms with Crippen LogP contribution in [0.5, 0.6) is 5.88 Å². The van der Waals surface area contributed by atoms with Crippen LogP contribution in [-0.2, 0) is 9.84 Å². The van der Waals surface area contributed by atoms with E-state index >= 15 is 0 Å². The van der Waals surface area contributed by atoms with E-state index in [2.05, 4.69) is 20.3 Å². The lowest BCUT2D eigenvalue weighted by atomic mass is 9.92. The lowest BCUT2D eigenvalue weighted by molar-refractivity contribution is -0.0361. The Bertz CT molecular complexity index is 940. The highest BCUT2D eigenvalue weighted by Crippen LogP contribution is 2.34. The number of aryl methyl sites for hydroxylation is 1. The van der Waals surface area contributed by atoms with E-state index in [-0.39, 0.29) is 31.2 Å². The Kier molecular flexibility index (Phi) is 6.67. The van der Waals surface area contributed by atoms with Gasteiger partial charge < -0.3 is 10.1 Å². The van der Waals surface area contributed by atoms with Crippen molar-refractivity contribution in [2.24, 2.45) is 0 Å². The van der Waals surface area contributed by atoms with Crippen molar-refractivity contribution in [1.29, 1.82) is 0 Å². The van der Waals surface area contributed by atoms with E-state index in [4.69, 9.17) is 4.74 Å². The van der Waals surface area contributed by atoms with Crippen molar-refractivity contribution in [2.75, 3.05) is 23.9 Å². The molecule has 0 aliphatic heterocycles. The number of rotatable bonds is 8. The van der Waals surface area contributed by atoms with Gasteiger partial charge in [0.2, 0.25) is 11.8 Å². The van der Waals surface area contributed by atoms with Gasteiger partial charge in [-0.05, 0) is 26.2 Å². The number of aromatic nitrogens is 3. The van der Waals surface area contributed by atoms with Gasteiger partial charge in [0.1, 0.15) is 15.7 Å². The molecule has 1 fully saturated rings. The van der Waals surface area contributed by atoms with Crippen LogP contribution < -0.4 is 10.1 Å². The minimum absolute atomic E-state index is 0.0258. The molecule has 1 aliphatic rings. The third-order valence-electron chi connectivity index (χ3n) is 4.49. The van der Waals surface area contributed by atoms with Crippen LogP contribution in [0.25, 0.3) is 10.8 Å². The van der Waals surface area contributed by atoms with Crippen LogP contribution in [0, 0.1) is 6.92 Å². The van der Waals surface area contributed by atoms with Gasteiger partial charge in [0.05, 0.1) is 12.4 Å². The van der Waals surface area contributed by atoms with E-state index in [0.29, 0.717) is 41.8 Å². The van der Waals surface area contributed by atoms with Crippen LogP contribution in [0.1, 0.15) is 37.8 Å². The summed E-state index contributed by atoms with van der Waals surface area (Å²) in [5.74, 6) is -1.41. The predicted octanol–water partition coefficient (Wildman–Crippen LogP) is 3.71. The Morgan fingerprint density at radius 1 is 1.28 bits per heavy atom. The fraction of sp³-hybridized carbons (Fsp3) is 0.611. The molecule has 2 heterocycles. The summed E-state index contributed by atoms with van der Waals surface area (Å²) in [4.78, 5) is 13.2. The van der Waals surface area contributed by atoms with Crippen LogP contribution in [-0.4, -0.2) is 53.9 Å². The number of ether oxygens (including phenoxy) is 1. The molecule has 0 amide bonds. The molecule has 1 N–H and O–H groups in total. The minimum Gasteiger partial charge on any atom is -0.477 e. The molecule has 0 saturated heterocycles. The molecule has 3 rings (SSSR count). The summed E-state index contributed by atoms with van der Waals surface area (Å²) >= 11 is 1.40. The number of sulfone groups is 1. The van der Waals surface area contributed by atoms with Crippen LogP contribution >= 0.6 is 11.3 Å². The van der Waals surface area contributed by atoms with Crippen LogP contribution in [0.3, 0.4) is 0 Å². The molecule has 11 heteroatoms. The fourth-order valence-corrected chi connectivity index (χ4v) is 4.39. The van der Waals surface area contributed by atoms with Gasteiger partial charge in [0.15, 0.2) is 10.8 Å². The Labute approximate surface area is 172 Å². The standard InChI is InChI=1S/C18H24F2N4O3S2/c1-12-11-28-17(21-12)16-23-14(22-13-4-6-18(19,20)7-5-13)10-15(24-16)27-8-3-9-29(2,25)26/h10-11,13H,3-9H2,1-2H3,(H,22,23,24). The van der Waals surface area contributed by atoms with Crippen molar-refractivity contribution in [2.45, 2.75) is 51.0 Å². The molecule has 0 aromatic carbocycles. The van der Waals surface area contributed by atoms with Crippen molar-refractivity contribution < 1.29 is 21.9 Å². The molecule has 2 aromatic heterocycles. The molecular formula is C18H24F2N4O3S2. The normalized spacial score (nSPS) is 17.2. The second-order valence-electron chi connectivity index (χ2n) is 7.32. The van der Waals surface area contributed by atoms with Gasteiger partial charge in [0.25, 0.3) is 0 Å². The number of halogens is 2. The molecule has 7 nitrogen and oxygen atoms in total. The summed E-state index contributed by atoms with van der Waals surface area (Å²) in [7, 11) is -3.06. The van der Waals surface area contributed by atoms with E-state index in [1.54, 1.807) is 6.07 Å². The highest BCUT2D eigenvalue weighted by molar-refractivity contribution is 7.90. The first-order chi connectivity index (χ1) is 13.6. The lowest BCUT2D eigenvalue weighted by Gasteiger charge is -2.29. The zero-order chi connectivity index (χ0) is 21.1. The average molecular weight is 447 g/mol. The van der Waals surface area contributed by atoms with E-state index < -0.39 is 15.8 Å². The molecule has 29 heavy (non-hydrogen) atoms. The number of anilines is 1. The zero-order valence-corrected chi connectivity index (χ0v) is 18.0. The summed E-state index contributed by atoms with van der Waals surface area (Å²) in [5.41, 5.74) is 0.845. The number of alkyl halides is 2. The van der Waals surface area contributed by atoms with E-state index in [1.807, 2.05) is 12.3 Å². The Morgan fingerprint density at radius 2 is 2.00 bits per heavy atom. The second-order valence-corrected chi connectivity index (χ2v) is 10.4. The SMILES string of the molecule is Cc1csc(-c2nc(NC3CCC(F)(F)CC3)cc(OCCCS(C)(=O)=O)n2)n1. The van der Waals surface area contributed by atoms with Crippen molar-refractivity contribution >= 4 is 27.0 Å². The number of hydrogen-bond donors (Lipinski definition) is 1. The van der Waals surface area contributed by atoms with E-state index in [9.17, 15) is 17.2 Å². The molecule has 0 atom stereocenters. The average Bonchev–Trinajstić information content (AvgIpc) is 3.06. The second kappa shape index (κ2) is 8.86. The Balaban J connectivity index is 1.74. The van der Waals surface area contributed by atoms with Gasteiger partial charge in [0, 0.05) is 42.3 Å². The quantitative estimate of drug-likeness (QED) is 0.618. The monoisotopic (exact) mass is 446 g/mol.